The van der Waals surface area contributed by atoms with Gasteiger partial charge in [0.1, 0.15) is 5.15 Å². The molecule has 0 aliphatic carbocycles. The van der Waals surface area contributed by atoms with Crippen LogP contribution in [0.3, 0.4) is 0 Å². The minimum Gasteiger partial charge on any atom is -0.464 e. The van der Waals surface area contributed by atoms with Crippen molar-refractivity contribution >= 4 is 40.1 Å². The van der Waals surface area contributed by atoms with Crippen LogP contribution < -0.4 is 15.8 Å². The summed E-state index contributed by atoms with van der Waals surface area (Å²) >= 11 is 6.01. The molecule has 0 saturated carbocycles. The molecule has 2 aromatic heterocycles. The second-order valence-electron chi connectivity index (χ2n) is 10.1. The van der Waals surface area contributed by atoms with Crippen LogP contribution in [0, 0.1) is 12.3 Å². The van der Waals surface area contributed by atoms with Gasteiger partial charge in [0.05, 0.1) is 29.7 Å². The summed E-state index contributed by atoms with van der Waals surface area (Å²) in [5.74, 6) is 0.0947. The number of rotatable bonds is 5. The second kappa shape index (κ2) is 9.49. The minimum atomic E-state index is -0.585. The second-order valence-corrected chi connectivity index (χ2v) is 10.5. The summed E-state index contributed by atoms with van der Waals surface area (Å²) in [6.07, 6.45) is 2.08. The van der Waals surface area contributed by atoms with Crippen molar-refractivity contribution in [3.05, 3.63) is 56.6 Å². The molecule has 186 valence electrons. The quantitative estimate of drug-likeness (QED) is 0.397. The normalized spacial score (nSPS) is 16.3. The molecule has 1 saturated heterocycles. The van der Waals surface area contributed by atoms with Crippen LogP contribution in [0.4, 0.5) is 11.6 Å². The number of halogens is 1. The average molecular weight is 498 g/mol. The van der Waals surface area contributed by atoms with E-state index < -0.39 is 5.97 Å². The molecule has 1 N–H and O–H groups in total. The van der Waals surface area contributed by atoms with Gasteiger partial charge in [0, 0.05) is 25.7 Å². The number of methoxy groups -OCH3 is 1. The van der Waals surface area contributed by atoms with Gasteiger partial charge in [-0.2, -0.15) is 0 Å². The number of nitrogens with one attached hydrogen (secondary N) is 1. The van der Waals surface area contributed by atoms with Crippen LogP contribution in [0.15, 0.2) is 29.1 Å². The van der Waals surface area contributed by atoms with Crippen molar-refractivity contribution in [1.82, 2.24) is 14.5 Å². The number of benzene rings is 1. The minimum absolute atomic E-state index is 0.0737. The first-order chi connectivity index (χ1) is 16.5. The smallest absolute Gasteiger partial charge is 0.358 e. The summed E-state index contributed by atoms with van der Waals surface area (Å²) in [6.45, 7) is 10.2. The summed E-state index contributed by atoms with van der Waals surface area (Å²) in [4.78, 5) is 37.0. The summed E-state index contributed by atoms with van der Waals surface area (Å²) in [5, 5.41) is 4.12. The number of esters is 1. The molecule has 4 rings (SSSR count). The Hall–Kier alpha value is -3.13. The molecule has 1 atom stereocenters. The lowest BCUT2D eigenvalue weighted by Gasteiger charge is -2.38. The van der Waals surface area contributed by atoms with Gasteiger partial charge in [-0.25, -0.2) is 14.8 Å². The first-order valence-corrected chi connectivity index (χ1v) is 12.2. The number of pyridine rings is 1. The van der Waals surface area contributed by atoms with E-state index in [-0.39, 0.29) is 27.9 Å². The largest absolute Gasteiger partial charge is 0.464 e. The molecule has 35 heavy (non-hydrogen) atoms. The number of aryl methyl sites for hydroxylation is 1. The highest BCUT2D eigenvalue weighted by Crippen LogP contribution is 2.33. The highest BCUT2D eigenvalue weighted by atomic mass is 35.5. The van der Waals surface area contributed by atoms with Crippen molar-refractivity contribution in [3.63, 3.8) is 0 Å². The van der Waals surface area contributed by atoms with E-state index in [2.05, 4.69) is 29.0 Å². The van der Waals surface area contributed by atoms with Gasteiger partial charge in [-0.15, -0.1) is 0 Å². The summed E-state index contributed by atoms with van der Waals surface area (Å²) in [5.41, 5.74) is 3.28. The van der Waals surface area contributed by atoms with E-state index in [9.17, 15) is 9.59 Å². The van der Waals surface area contributed by atoms with Crippen molar-refractivity contribution in [3.8, 4) is 0 Å². The average Bonchev–Trinajstić information content (AvgIpc) is 2.82. The molecule has 0 bridgehead atoms. The van der Waals surface area contributed by atoms with Crippen molar-refractivity contribution in [2.45, 2.75) is 46.6 Å². The van der Waals surface area contributed by atoms with Crippen LogP contribution in [0.2, 0.25) is 5.15 Å². The van der Waals surface area contributed by atoms with E-state index >= 15 is 0 Å². The Morgan fingerprint density at radius 1 is 1.20 bits per heavy atom. The number of hydrogen-bond donors (Lipinski definition) is 1. The Morgan fingerprint density at radius 2 is 1.89 bits per heavy atom. The SMILES string of the molecule is COC(=O)c1nc(Cl)ccc1NC(C)c1cc(C)cc2c(=O)n(C)c(N3CCC(C)(C)CC3)nc12. The summed E-state index contributed by atoms with van der Waals surface area (Å²) in [6, 6.07) is 6.94. The van der Waals surface area contributed by atoms with E-state index in [1.54, 1.807) is 23.7 Å². The van der Waals surface area contributed by atoms with Crippen molar-refractivity contribution < 1.29 is 9.53 Å². The van der Waals surface area contributed by atoms with Gasteiger partial charge < -0.3 is 15.0 Å². The van der Waals surface area contributed by atoms with Crippen LogP contribution in [0.1, 0.15) is 61.3 Å². The number of carbonyl (C=O) groups excluding carboxylic acids is 1. The Balaban J connectivity index is 1.79. The van der Waals surface area contributed by atoms with Crippen molar-refractivity contribution in [1.29, 1.82) is 0 Å². The third kappa shape index (κ3) is 4.98. The predicted molar refractivity (Wildman–Crippen MR) is 140 cm³/mol. The number of fused-ring (bicyclic) bond motifs is 1. The van der Waals surface area contributed by atoms with E-state index in [1.165, 1.54) is 7.11 Å². The molecule has 1 fully saturated rings. The molecule has 3 heterocycles. The maximum atomic E-state index is 13.4. The molecule has 0 radical (unpaired) electrons. The number of nitrogens with zero attached hydrogens (tertiary/aromatic N) is 4. The third-order valence-electron chi connectivity index (χ3n) is 6.81. The Labute approximate surface area is 210 Å². The standard InChI is InChI=1S/C26H32ClN5O3/c1-15-13-17(16(2)28-19-7-8-20(27)29-22(19)24(34)35-6)21-18(14-15)23(33)31(5)25(30-21)32-11-9-26(3,4)10-12-32/h7-8,13-14,16,28H,9-12H2,1-6H3. The van der Waals surface area contributed by atoms with E-state index in [4.69, 9.17) is 21.3 Å². The Bertz CT molecular complexity index is 1340. The first kappa shape index (κ1) is 25.0. The molecule has 1 aromatic carbocycles. The number of ether oxygens (including phenoxy) is 1. The van der Waals surface area contributed by atoms with Crippen LogP contribution in [-0.4, -0.2) is 40.7 Å². The zero-order valence-electron chi connectivity index (χ0n) is 21.1. The van der Waals surface area contributed by atoms with Crippen LogP contribution in [0.25, 0.3) is 10.9 Å². The van der Waals surface area contributed by atoms with Gasteiger partial charge in [0.25, 0.3) is 5.56 Å². The van der Waals surface area contributed by atoms with Crippen LogP contribution in [0.5, 0.6) is 0 Å². The molecule has 3 aromatic rings. The summed E-state index contributed by atoms with van der Waals surface area (Å²) < 4.78 is 6.53. The number of aromatic nitrogens is 3. The monoisotopic (exact) mass is 497 g/mol. The zero-order valence-corrected chi connectivity index (χ0v) is 21.9. The Morgan fingerprint density at radius 3 is 2.54 bits per heavy atom. The molecule has 9 heteroatoms. The Kier molecular flexibility index (Phi) is 6.77. The van der Waals surface area contributed by atoms with Gasteiger partial charge in [0.2, 0.25) is 5.95 Å². The number of anilines is 2. The van der Waals surface area contributed by atoms with Crippen molar-refractivity contribution in [2.75, 3.05) is 30.4 Å². The zero-order chi connectivity index (χ0) is 25.5. The van der Waals surface area contributed by atoms with Gasteiger partial charge in [0.15, 0.2) is 5.69 Å². The maximum absolute atomic E-state index is 13.4. The fourth-order valence-corrected chi connectivity index (χ4v) is 4.73. The van der Waals surface area contributed by atoms with Gasteiger partial charge in [-0.1, -0.05) is 31.5 Å². The highest BCUT2D eigenvalue weighted by molar-refractivity contribution is 6.29. The van der Waals surface area contributed by atoms with E-state index in [0.717, 1.165) is 37.1 Å². The van der Waals surface area contributed by atoms with E-state index in [0.29, 0.717) is 22.5 Å². The topological polar surface area (TPSA) is 89.3 Å². The fraction of sp³-hybridized carbons (Fsp3) is 0.462. The molecule has 8 nitrogen and oxygen atoms in total. The lowest BCUT2D eigenvalue weighted by atomic mass is 9.83. The van der Waals surface area contributed by atoms with Gasteiger partial charge in [-0.3, -0.25) is 9.36 Å². The van der Waals surface area contributed by atoms with Gasteiger partial charge >= 0.3 is 5.97 Å². The predicted octanol–water partition coefficient (Wildman–Crippen LogP) is 4.88. The summed E-state index contributed by atoms with van der Waals surface area (Å²) in [7, 11) is 3.09. The van der Waals surface area contributed by atoms with Crippen LogP contribution >= 0.6 is 11.6 Å². The van der Waals surface area contributed by atoms with Gasteiger partial charge in [-0.05, 0) is 55.9 Å². The molecule has 1 aliphatic rings. The first-order valence-electron chi connectivity index (χ1n) is 11.8. The maximum Gasteiger partial charge on any atom is 0.358 e. The molecule has 0 amide bonds. The molecule has 1 unspecified atom stereocenters. The molecular formula is C26H32ClN5O3. The van der Waals surface area contributed by atoms with Crippen LogP contribution in [-0.2, 0) is 11.8 Å². The highest BCUT2D eigenvalue weighted by Gasteiger charge is 2.28. The number of piperidine rings is 1. The number of carbonyl (C=O) groups is 1. The lowest BCUT2D eigenvalue weighted by molar-refractivity contribution is 0.0595. The fourth-order valence-electron chi connectivity index (χ4n) is 4.58. The lowest BCUT2D eigenvalue weighted by Crippen LogP contribution is -2.40. The molecular weight excluding hydrogens is 466 g/mol. The third-order valence-corrected chi connectivity index (χ3v) is 7.02. The van der Waals surface area contributed by atoms with E-state index in [1.807, 2.05) is 26.0 Å². The number of hydrogen-bond acceptors (Lipinski definition) is 7. The molecule has 0 spiro atoms. The van der Waals surface area contributed by atoms with Crippen molar-refractivity contribution in [2.24, 2.45) is 12.5 Å². The molecule has 1 aliphatic heterocycles.